The van der Waals surface area contributed by atoms with Crippen molar-refractivity contribution in [2.45, 2.75) is 44.3 Å². The summed E-state index contributed by atoms with van der Waals surface area (Å²) in [5.74, 6) is 1.51. The highest BCUT2D eigenvalue weighted by atomic mass is 16.5. The van der Waals surface area contributed by atoms with Crippen LogP contribution in [0.1, 0.15) is 37.3 Å². The Morgan fingerprint density at radius 1 is 1.14 bits per heavy atom. The minimum atomic E-state index is -0.0747. The van der Waals surface area contributed by atoms with Gasteiger partial charge in [0.15, 0.2) is 5.82 Å². The van der Waals surface area contributed by atoms with E-state index < -0.39 is 0 Å². The van der Waals surface area contributed by atoms with Gasteiger partial charge >= 0.3 is 0 Å². The number of para-hydroxylation sites is 1. The van der Waals surface area contributed by atoms with Gasteiger partial charge in [-0.25, -0.2) is 14.3 Å². The van der Waals surface area contributed by atoms with Gasteiger partial charge in [0.25, 0.3) is 5.56 Å². The maximum absolute atomic E-state index is 12.3. The first kappa shape index (κ1) is 18.4. The Morgan fingerprint density at radius 2 is 1.96 bits per heavy atom. The zero-order chi connectivity index (χ0) is 19.3. The van der Waals surface area contributed by atoms with E-state index in [1.807, 2.05) is 18.2 Å². The number of benzene rings is 1. The fourth-order valence-electron chi connectivity index (χ4n) is 3.75. The van der Waals surface area contributed by atoms with E-state index in [9.17, 15) is 4.79 Å². The topological polar surface area (TPSA) is 86.9 Å². The van der Waals surface area contributed by atoms with Crippen molar-refractivity contribution in [3.05, 3.63) is 65.0 Å². The van der Waals surface area contributed by atoms with Crippen molar-refractivity contribution in [1.82, 2.24) is 29.9 Å². The first-order valence-corrected chi connectivity index (χ1v) is 9.55. The van der Waals surface area contributed by atoms with Gasteiger partial charge in [-0.1, -0.05) is 18.2 Å². The SMILES string of the molecule is COc1ccccc1CNC1CCC(n2nc(-n3cncn3)ccc2=O)CC1. The van der Waals surface area contributed by atoms with Crippen LogP contribution in [-0.4, -0.2) is 37.7 Å². The van der Waals surface area contributed by atoms with Crippen LogP contribution in [0, 0.1) is 0 Å². The predicted octanol–water partition coefficient (Wildman–Crippen LogP) is 2.11. The second kappa shape index (κ2) is 8.35. The van der Waals surface area contributed by atoms with Crippen LogP contribution >= 0.6 is 0 Å². The van der Waals surface area contributed by atoms with E-state index in [4.69, 9.17) is 4.74 Å². The highest BCUT2D eigenvalue weighted by Crippen LogP contribution is 2.27. The zero-order valence-corrected chi connectivity index (χ0v) is 15.9. The highest BCUT2D eigenvalue weighted by Gasteiger charge is 2.24. The number of hydrogen-bond acceptors (Lipinski definition) is 6. The molecule has 0 radical (unpaired) electrons. The zero-order valence-electron chi connectivity index (χ0n) is 15.9. The van der Waals surface area contributed by atoms with Gasteiger partial charge in [-0.2, -0.15) is 5.10 Å². The van der Waals surface area contributed by atoms with Gasteiger partial charge in [0.1, 0.15) is 18.4 Å². The number of methoxy groups -OCH3 is 1. The normalized spacial score (nSPS) is 19.5. The number of nitrogens with one attached hydrogen (secondary N) is 1. The average Bonchev–Trinajstić information content (AvgIpc) is 3.28. The van der Waals surface area contributed by atoms with Crippen molar-refractivity contribution >= 4 is 0 Å². The summed E-state index contributed by atoms with van der Waals surface area (Å²) in [6.07, 6.45) is 6.86. The van der Waals surface area contributed by atoms with Crippen LogP contribution in [0.25, 0.3) is 5.82 Å². The first-order valence-electron chi connectivity index (χ1n) is 9.55. The summed E-state index contributed by atoms with van der Waals surface area (Å²) < 4.78 is 8.59. The van der Waals surface area contributed by atoms with Crippen molar-refractivity contribution < 1.29 is 4.74 Å². The second-order valence-electron chi connectivity index (χ2n) is 7.01. The monoisotopic (exact) mass is 380 g/mol. The third kappa shape index (κ3) is 3.96. The smallest absolute Gasteiger partial charge is 0.267 e. The van der Waals surface area contributed by atoms with E-state index in [2.05, 4.69) is 26.6 Å². The Bertz CT molecular complexity index is 961. The molecule has 146 valence electrons. The number of aromatic nitrogens is 5. The molecule has 1 N–H and O–H groups in total. The summed E-state index contributed by atoms with van der Waals surface area (Å²) in [5, 5.41) is 12.2. The lowest BCUT2D eigenvalue weighted by atomic mass is 9.91. The molecule has 1 aliphatic rings. The quantitative estimate of drug-likeness (QED) is 0.705. The molecule has 0 aliphatic heterocycles. The van der Waals surface area contributed by atoms with E-state index in [0.717, 1.165) is 43.5 Å². The summed E-state index contributed by atoms with van der Waals surface area (Å²) in [7, 11) is 1.70. The Hall–Kier alpha value is -3.00. The second-order valence-corrected chi connectivity index (χ2v) is 7.01. The van der Waals surface area contributed by atoms with Crippen LogP contribution in [0.5, 0.6) is 5.75 Å². The van der Waals surface area contributed by atoms with Crippen molar-refractivity contribution in [2.24, 2.45) is 0 Å². The molecule has 0 unspecified atom stereocenters. The largest absolute Gasteiger partial charge is 0.496 e. The van der Waals surface area contributed by atoms with Gasteiger partial charge in [0.2, 0.25) is 0 Å². The van der Waals surface area contributed by atoms with Crippen LogP contribution in [0.15, 0.2) is 53.8 Å². The highest BCUT2D eigenvalue weighted by molar-refractivity contribution is 5.33. The molecule has 0 amide bonds. The van der Waals surface area contributed by atoms with Crippen molar-refractivity contribution in [1.29, 1.82) is 0 Å². The Labute approximate surface area is 163 Å². The van der Waals surface area contributed by atoms with Crippen molar-refractivity contribution in [3.8, 4) is 11.6 Å². The maximum atomic E-state index is 12.3. The van der Waals surface area contributed by atoms with Crippen LogP contribution in [0.2, 0.25) is 0 Å². The van der Waals surface area contributed by atoms with E-state index in [0.29, 0.717) is 11.9 Å². The first-order chi connectivity index (χ1) is 13.7. The summed E-state index contributed by atoms with van der Waals surface area (Å²) in [4.78, 5) is 16.3. The van der Waals surface area contributed by atoms with Gasteiger partial charge < -0.3 is 10.1 Å². The van der Waals surface area contributed by atoms with Gasteiger partial charge in [0, 0.05) is 24.2 Å². The third-order valence-corrected chi connectivity index (χ3v) is 5.28. The van der Waals surface area contributed by atoms with Gasteiger partial charge in [-0.3, -0.25) is 4.79 Å². The average molecular weight is 380 g/mol. The summed E-state index contributed by atoms with van der Waals surface area (Å²) in [6.45, 7) is 0.777. The van der Waals surface area contributed by atoms with E-state index in [1.165, 1.54) is 6.33 Å². The number of nitrogens with zero attached hydrogens (tertiary/aromatic N) is 5. The van der Waals surface area contributed by atoms with Crippen LogP contribution in [-0.2, 0) is 6.54 Å². The Kier molecular flexibility index (Phi) is 5.48. The molecule has 28 heavy (non-hydrogen) atoms. The van der Waals surface area contributed by atoms with E-state index in [1.54, 1.807) is 34.9 Å². The van der Waals surface area contributed by atoms with Crippen molar-refractivity contribution in [2.75, 3.05) is 7.11 Å². The van der Waals surface area contributed by atoms with Gasteiger partial charge in [0.05, 0.1) is 13.2 Å². The molecule has 0 atom stereocenters. The van der Waals surface area contributed by atoms with Crippen LogP contribution in [0.4, 0.5) is 0 Å². The fraction of sp³-hybridized carbons (Fsp3) is 0.400. The number of ether oxygens (including phenoxy) is 1. The Morgan fingerprint density at radius 3 is 2.71 bits per heavy atom. The molecule has 2 aromatic heterocycles. The van der Waals surface area contributed by atoms with Crippen LogP contribution < -0.4 is 15.6 Å². The summed E-state index contributed by atoms with van der Waals surface area (Å²) >= 11 is 0. The van der Waals surface area contributed by atoms with Crippen LogP contribution in [0.3, 0.4) is 0 Å². The lowest BCUT2D eigenvalue weighted by Crippen LogP contribution is -2.36. The number of rotatable bonds is 6. The van der Waals surface area contributed by atoms with Gasteiger partial charge in [-0.15, -0.1) is 5.10 Å². The van der Waals surface area contributed by atoms with Gasteiger partial charge in [-0.05, 0) is 37.8 Å². The maximum Gasteiger partial charge on any atom is 0.267 e. The molecule has 1 fully saturated rings. The minimum Gasteiger partial charge on any atom is -0.496 e. The van der Waals surface area contributed by atoms with Crippen molar-refractivity contribution in [3.63, 3.8) is 0 Å². The van der Waals surface area contributed by atoms with E-state index >= 15 is 0 Å². The molecule has 3 aromatic rings. The molecule has 1 aliphatic carbocycles. The Balaban J connectivity index is 1.38. The molecule has 0 spiro atoms. The fourth-order valence-corrected chi connectivity index (χ4v) is 3.75. The molecule has 8 nitrogen and oxygen atoms in total. The molecule has 8 heteroatoms. The summed E-state index contributed by atoms with van der Waals surface area (Å²) in [5.41, 5.74) is 1.08. The third-order valence-electron chi connectivity index (χ3n) is 5.28. The lowest BCUT2D eigenvalue weighted by molar-refractivity contribution is 0.267. The molecular formula is C20H24N6O2. The standard InChI is InChI=1S/C20H24N6O2/c1-28-18-5-3-2-4-15(18)12-22-16-6-8-17(9-7-16)26-20(27)11-10-19(24-26)25-14-21-13-23-25/h2-5,10-11,13-14,16-17,22H,6-9,12H2,1H3. The predicted molar refractivity (Wildman–Crippen MR) is 105 cm³/mol. The molecule has 4 rings (SSSR count). The molecule has 0 bridgehead atoms. The minimum absolute atomic E-state index is 0.0747. The molecular weight excluding hydrogens is 356 g/mol. The molecule has 2 heterocycles. The number of hydrogen-bond donors (Lipinski definition) is 1. The van der Waals surface area contributed by atoms with E-state index in [-0.39, 0.29) is 11.6 Å². The molecule has 0 saturated heterocycles. The molecule has 1 saturated carbocycles. The lowest BCUT2D eigenvalue weighted by Gasteiger charge is -2.30. The summed E-state index contributed by atoms with van der Waals surface area (Å²) in [6, 6.07) is 11.8. The molecule has 1 aromatic carbocycles.